The van der Waals surface area contributed by atoms with Crippen LogP contribution in [-0.4, -0.2) is 43.5 Å². The number of methoxy groups -OCH3 is 2. The highest BCUT2D eigenvalue weighted by Gasteiger charge is 2.25. The van der Waals surface area contributed by atoms with E-state index in [1.165, 1.54) is 20.3 Å². The first kappa shape index (κ1) is 18.1. The van der Waals surface area contributed by atoms with Crippen LogP contribution in [0, 0.1) is 0 Å². The van der Waals surface area contributed by atoms with Gasteiger partial charge in [-0.05, 0) is 25.3 Å². The van der Waals surface area contributed by atoms with Gasteiger partial charge in [-0.3, -0.25) is 9.40 Å². The van der Waals surface area contributed by atoms with E-state index in [0.29, 0.717) is 0 Å². The number of carboxylic acids is 1. The fourth-order valence-corrected chi connectivity index (χ4v) is 3.95. The summed E-state index contributed by atoms with van der Waals surface area (Å²) >= 11 is 0. The Bertz CT molecular complexity index is 928. The molecule has 0 aliphatic carbocycles. The number of fused-ring (bicyclic) bond motifs is 1. The van der Waals surface area contributed by atoms with Gasteiger partial charge in [-0.25, -0.2) is 13.2 Å². The SMILES string of the molecule is COc1cc(S(=O)(=O)Nc2cc3n(n2)CCCC3)cc(C(=O)O)c1OC. The zero-order valence-corrected chi connectivity index (χ0v) is 15.2. The molecule has 140 valence electrons. The molecule has 1 aliphatic rings. The van der Waals surface area contributed by atoms with Gasteiger partial charge in [0.2, 0.25) is 0 Å². The lowest BCUT2D eigenvalue weighted by atomic mass is 10.1. The first-order valence-electron chi connectivity index (χ1n) is 7.94. The zero-order valence-electron chi connectivity index (χ0n) is 14.4. The van der Waals surface area contributed by atoms with Gasteiger partial charge >= 0.3 is 5.97 Å². The number of carbonyl (C=O) groups is 1. The number of benzene rings is 1. The van der Waals surface area contributed by atoms with Gasteiger partial charge < -0.3 is 14.6 Å². The van der Waals surface area contributed by atoms with Crippen molar-refractivity contribution < 1.29 is 27.8 Å². The van der Waals surface area contributed by atoms with Crippen molar-refractivity contribution in [1.82, 2.24) is 9.78 Å². The molecule has 10 heteroatoms. The van der Waals surface area contributed by atoms with Crippen molar-refractivity contribution in [3.63, 3.8) is 0 Å². The maximum atomic E-state index is 12.7. The maximum absolute atomic E-state index is 12.7. The summed E-state index contributed by atoms with van der Waals surface area (Å²) in [5.41, 5.74) is 0.656. The number of sulfonamides is 1. The Kier molecular flexibility index (Phi) is 4.77. The standard InChI is InChI=1S/C16H19N3O6S/c1-24-13-9-11(8-12(16(20)21)15(13)25-2)26(22,23)18-14-7-10-5-3-4-6-19(10)17-14/h7-9H,3-6H2,1-2H3,(H,17,18)(H,20,21). The van der Waals surface area contributed by atoms with Gasteiger partial charge in [0.05, 0.1) is 19.1 Å². The van der Waals surface area contributed by atoms with E-state index in [2.05, 4.69) is 9.82 Å². The molecule has 1 aliphatic heterocycles. The number of rotatable bonds is 6. The van der Waals surface area contributed by atoms with Crippen LogP contribution in [0.15, 0.2) is 23.1 Å². The number of hydrogen-bond acceptors (Lipinski definition) is 6. The van der Waals surface area contributed by atoms with Crippen LogP contribution in [0.3, 0.4) is 0 Å². The van der Waals surface area contributed by atoms with Crippen molar-refractivity contribution in [3.05, 3.63) is 29.5 Å². The van der Waals surface area contributed by atoms with Gasteiger partial charge in [0.25, 0.3) is 10.0 Å². The number of hydrogen-bond donors (Lipinski definition) is 2. The second kappa shape index (κ2) is 6.87. The van der Waals surface area contributed by atoms with Gasteiger partial charge in [-0.1, -0.05) is 0 Å². The fourth-order valence-electron chi connectivity index (χ4n) is 2.92. The summed E-state index contributed by atoms with van der Waals surface area (Å²) in [5.74, 6) is -1.16. The lowest BCUT2D eigenvalue weighted by molar-refractivity contribution is 0.0692. The molecule has 2 N–H and O–H groups in total. The van der Waals surface area contributed by atoms with Crippen LogP contribution < -0.4 is 14.2 Å². The minimum atomic E-state index is -4.05. The largest absolute Gasteiger partial charge is 0.493 e. The Morgan fingerprint density at radius 1 is 1.23 bits per heavy atom. The molecule has 3 rings (SSSR count). The van der Waals surface area contributed by atoms with Crippen molar-refractivity contribution in [2.75, 3.05) is 18.9 Å². The van der Waals surface area contributed by atoms with Crippen LogP contribution >= 0.6 is 0 Å². The molecule has 0 amide bonds. The number of nitrogens with zero attached hydrogens (tertiary/aromatic N) is 2. The van der Waals surface area contributed by atoms with Crippen molar-refractivity contribution in [3.8, 4) is 11.5 Å². The number of aromatic carboxylic acids is 1. The molecule has 1 aromatic carbocycles. The smallest absolute Gasteiger partial charge is 0.339 e. The predicted molar refractivity (Wildman–Crippen MR) is 92.5 cm³/mol. The van der Waals surface area contributed by atoms with E-state index in [1.54, 1.807) is 10.7 Å². The highest BCUT2D eigenvalue weighted by atomic mass is 32.2. The van der Waals surface area contributed by atoms with E-state index >= 15 is 0 Å². The Morgan fingerprint density at radius 3 is 2.62 bits per heavy atom. The van der Waals surface area contributed by atoms with Crippen LogP contribution in [0.1, 0.15) is 28.9 Å². The van der Waals surface area contributed by atoms with E-state index in [4.69, 9.17) is 9.47 Å². The lowest BCUT2D eigenvalue weighted by Gasteiger charge is -2.13. The number of anilines is 1. The van der Waals surface area contributed by atoms with E-state index in [0.717, 1.165) is 37.6 Å². The third kappa shape index (κ3) is 3.32. The molecule has 0 spiro atoms. The summed E-state index contributed by atoms with van der Waals surface area (Å²) in [5, 5.41) is 13.6. The molecule has 0 atom stereocenters. The number of ether oxygens (including phenoxy) is 2. The maximum Gasteiger partial charge on any atom is 0.339 e. The molecule has 1 aromatic heterocycles. The van der Waals surface area contributed by atoms with Gasteiger partial charge in [0, 0.05) is 24.4 Å². The molecular formula is C16H19N3O6S. The second-order valence-electron chi connectivity index (χ2n) is 5.82. The molecule has 2 aromatic rings. The predicted octanol–water partition coefficient (Wildman–Crippen LogP) is 1.74. The number of aryl methyl sites for hydroxylation is 2. The van der Waals surface area contributed by atoms with Crippen molar-refractivity contribution >= 4 is 21.8 Å². The molecule has 0 radical (unpaired) electrons. The first-order valence-corrected chi connectivity index (χ1v) is 9.43. The highest BCUT2D eigenvalue weighted by Crippen LogP contribution is 2.34. The lowest BCUT2D eigenvalue weighted by Crippen LogP contribution is -2.15. The van der Waals surface area contributed by atoms with E-state index in [-0.39, 0.29) is 27.8 Å². The van der Waals surface area contributed by atoms with Crippen LogP contribution in [0.25, 0.3) is 0 Å². The Morgan fingerprint density at radius 2 is 2.00 bits per heavy atom. The van der Waals surface area contributed by atoms with Crippen molar-refractivity contribution in [2.45, 2.75) is 30.7 Å². The minimum Gasteiger partial charge on any atom is -0.493 e. The summed E-state index contributed by atoms with van der Waals surface area (Å²) in [4.78, 5) is 11.2. The molecule has 0 bridgehead atoms. The molecule has 0 fully saturated rings. The quantitative estimate of drug-likeness (QED) is 0.782. The van der Waals surface area contributed by atoms with E-state index in [1.807, 2.05) is 0 Å². The molecule has 2 heterocycles. The molecule has 9 nitrogen and oxygen atoms in total. The monoisotopic (exact) mass is 381 g/mol. The normalized spacial score (nSPS) is 13.8. The molecule has 0 saturated heterocycles. The van der Waals surface area contributed by atoms with Crippen LogP contribution in [0.5, 0.6) is 11.5 Å². The Hall–Kier alpha value is -2.75. The Labute approximate surface area is 150 Å². The number of nitrogens with one attached hydrogen (secondary N) is 1. The van der Waals surface area contributed by atoms with Crippen LogP contribution in [0.2, 0.25) is 0 Å². The minimum absolute atomic E-state index is 0.0110. The summed E-state index contributed by atoms with van der Waals surface area (Å²) in [6, 6.07) is 3.93. The Balaban J connectivity index is 1.99. The topological polar surface area (TPSA) is 120 Å². The van der Waals surface area contributed by atoms with Crippen molar-refractivity contribution in [1.29, 1.82) is 0 Å². The summed E-state index contributed by atoms with van der Waals surface area (Å²) in [6.07, 6.45) is 2.88. The second-order valence-corrected chi connectivity index (χ2v) is 7.50. The molecular weight excluding hydrogens is 362 g/mol. The van der Waals surface area contributed by atoms with Crippen LogP contribution in [0.4, 0.5) is 5.82 Å². The van der Waals surface area contributed by atoms with Crippen molar-refractivity contribution in [2.24, 2.45) is 0 Å². The fraction of sp³-hybridized carbons (Fsp3) is 0.375. The molecule has 0 saturated carbocycles. The van der Waals surface area contributed by atoms with Gasteiger partial charge in [0.1, 0.15) is 5.56 Å². The third-order valence-corrected chi connectivity index (χ3v) is 5.48. The zero-order chi connectivity index (χ0) is 18.9. The van der Waals surface area contributed by atoms with Crippen LogP contribution in [-0.2, 0) is 23.0 Å². The van der Waals surface area contributed by atoms with Gasteiger partial charge in [0.15, 0.2) is 17.3 Å². The van der Waals surface area contributed by atoms with E-state index in [9.17, 15) is 18.3 Å². The van der Waals surface area contributed by atoms with Gasteiger partial charge in [-0.2, -0.15) is 5.10 Å². The van der Waals surface area contributed by atoms with E-state index < -0.39 is 16.0 Å². The summed E-state index contributed by atoms with van der Waals surface area (Å²) in [7, 11) is -1.46. The average Bonchev–Trinajstić information content (AvgIpc) is 3.01. The highest BCUT2D eigenvalue weighted by molar-refractivity contribution is 7.92. The summed E-state index contributed by atoms with van der Waals surface area (Å²) < 4.78 is 39.7. The molecule has 0 unspecified atom stereocenters. The molecule has 26 heavy (non-hydrogen) atoms. The summed E-state index contributed by atoms with van der Waals surface area (Å²) in [6.45, 7) is 0.747. The van der Waals surface area contributed by atoms with Gasteiger partial charge in [-0.15, -0.1) is 0 Å². The average molecular weight is 381 g/mol. The number of carboxylic acid groups (broad SMARTS) is 1. The first-order chi connectivity index (χ1) is 12.4. The third-order valence-electron chi connectivity index (χ3n) is 4.15. The number of aromatic nitrogens is 2.